The molecule has 0 spiro atoms. The van der Waals surface area contributed by atoms with Gasteiger partial charge in [0.15, 0.2) is 0 Å². The molecule has 4 heteroatoms. The van der Waals surface area contributed by atoms with Gasteiger partial charge in [0, 0.05) is 13.1 Å². The Morgan fingerprint density at radius 1 is 1.50 bits per heavy atom. The second kappa shape index (κ2) is 2.22. The van der Waals surface area contributed by atoms with Crippen LogP contribution in [0.25, 0.3) is 0 Å². The highest BCUT2D eigenvalue weighted by atomic mass is 35.5. The van der Waals surface area contributed by atoms with Crippen LogP contribution in [0.3, 0.4) is 0 Å². The predicted molar refractivity (Wildman–Crippen MR) is 31.0 cm³/mol. The zero-order chi connectivity index (χ0) is 5.98. The van der Waals surface area contributed by atoms with Crippen molar-refractivity contribution in [3.63, 3.8) is 0 Å². The number of halogens is 1. The van der Waals surface area contributed by atoms with E-state index >= 15 is 0 Å². The summed E-state index contributed by atoms with van der Waals surface area (Å²) in [4.78, 5) is 10.3. The molecule has 0 bridgehead atoms. The molecule has 1 aliphatic heterocycles. The maximum atomic E-state index is 10.3. The fourth-order valence-electron chi connectivity index (χ4n) is 0.542. The minimum atomic E-state index is -0.123. The highest BCUT2D eigenvalue weighted by Crippen LogP contribution is 1.94. The van der Waals surface area contributed by atoms with Crippen LogP contribution < -0.4 is 10.6 Å². The summed E-state index contributed by atoms with van der Waals surface area (Å²) >= 11 is 5.60. The van der Waals surface area contributed by atoms with Gasteiger partial charge in [0.25, 0.3) is 0 Å². The number of urea groups is 1. The van der Waals surface area contributed by atoms with Gasteiger partial charge in [-0.3, -0.25) is 0 Å². The fraction of sp³-hybridized carbons (Fsp3) is 0.750. The smallest absolute Gasteiger partial charge is 0.314 e. The van der Waals surface area contributed by atoms with Gasteiger partial charge < -0.3 is 10.6 Å². The molecule has 0 atom stereocenters. The van der Waals surface area contributed by atoms with Crippen molar-refractivity contribution in [3.05, 3.63) is 0 Å². The number of amides is 2. The average Bonchev–Trinajstić information content (AvgIpc) is 1.77. The summed E-state index contributed by atoms with van der Waals surface area (Å²) in [5, 5.41) is 5.15. The number of rotatable bonds is 0. The van der Waals surface area contributed by atoms with Crippen molar-refractivity contribution in [2.45, 2.75) is 5.38 Å². The second-order valence-electron chi connectivity index (χ2n) is 1.69. The van der Waals surface area contributed by atoms with Gasteiger partial charge in [-0.25, -0.2) is 4.79 Å². The van der Waals surface area contributed by atoms with Gasteiger partial charge in [0.2, 0.25) is 0 Å². The van der Waals surface area contributed by atoms with E-state index < -0.39 is 0 Å². The molecule has 8 heavy (non-hydrogen) atoms. The molecular weight excluding hydrogens is 128 g/mol. The molecule has 2 N–H and O–H groups in total. The summed E-state index contributed by atoms with van der Waals surface area (Å²) in [6, 6.07) is -0.123. The molecule has 1 rings (SSSR count). The predicted octanol–water partition coefficient (Wildman–Crippen LogP) is -0.0934. The Kier molecular flexibility index (Phi) is 1.58. The SMILES string of the molecule is O=C1NCC(Cl)CN1. The molecule has 0 aromatic heterocycles. The highest BCUT2D eigenvalue weighted by Gasteiger charge is 2.12. The lowest BCUT2D eigenvalue weighted by Gasteiger charge is -2.17. The van der Waals surface area contributed by atoms with Crippen LogP contribution >= 0.6 is 11.6 Å². The molecule has 0 aliphatic carbocycles. The topological polar surface area (TPSA) is 41.1 Å². The zero-order valence-electron chi connectivity index (χ0n) is 4.28. The summed E-state index contributed by atoms with van der Waals surface area (Å²) in [6.45, 7) is 1.15. The summed E-state index contributed by atoms with van der Waals surface area (Å²) in [6.07, 6.45) is 0. The van der Waals surface area contributed by atoms with E-state index in [4.69, 9.17) is 11.6 Å². The summed E-state index contributed by atoms with van der Waals surface area (Å²) in [5.74, 6) is 0. The Labute approximate surface area is 52.4 Å². The van der Waals surface area contributed by atoms with Crippen molar-refractivity contribution in [1.29, 1.82) is 0 Å². The highest BCUT2D eigenvalue weighted by molar-refractivity contribution is 6.21. The molecule has 1 heterocycles. The van der Waals surface area contributed by atoms with E-state index in [-0.39, 0.29) is 11.4 Å². The number of hydrogen-bond acceptors (Lipinski definition) is 1. The van der Waals surface area contributed by atoms with Gasteiger partial charge in [-0.15, -0.1) is 11.6 Å². The quantitative estimate of drug-likeness (QED) is 0.447. The molecular formula is C4H7ClN2O. The van der Waals surface area contributed by atoms with Crippen LogP contribution in [0.1, 0.15) is 0 Å². The normalized spacial score (nSPS) is 21.9. The van der Waals surface area contributed by atoms with E-state index in [0.29, 0.717) is 13.1 Å². The Balaban J connectivity index is 2.29. The average molecular weight is 135 g/mol. The van der Waals surface area contributed by atoms with Crippen molar-refractivity contribution in [2.75, 3.05) is 13.1 Å². The first-order chi connectivity index (χ1) is 3.79. The molecule has 0 unspecified atom stereocenters. The third kappa shape index (κ3) is 1.26. The molecule has 1 aliphatic rings. The van der Waals surface area contributed by atoms with Gasteiger partial charge >= 0.3 is 6.03 Å². The molecule has 1 saturated heterocycles. The Morgan fingerprint density at radius 3 is 2.38 bits per heavy atom. The van der Waals surface area contributed by atoms with Crippen molar-refractivity contribution >= 4 is 17.6 Å². The Hall–Kier alpha value is -0.440. The van der Waals surface area contributed by atoms with Crippen molar-refractivity contribution in [2.24, 2.45) is 0 Å². The van der Waals surface area contributed by atoms with Gasteiger partial charge in [-0.05, 0) is 0 Å². The molecule has 1 fully saturated rings. The minimum Gasteiger partial charge on any atom is -0.337 e. The first-order valence-corrected chi connectivity index (χ1v) is 2.88. The van der Waals surface area contributed by atoms with Crippen LogP contribution in [-0.4, -0.2) is 24.5 Å². The number of alkyl halides is 1. The van der Waals surface area contributed by atoms with Gasteiger partial charge in [0.1, 0.15) is 0 Å². The molecule has 2 amide bonds. The van der Waals surface area contributed by atoms with Crippen molar-refractivity contribution in [1.82, 2.24) is 10.6 Å². The number of nitrogens with one attached hydrogen (secondary N) is 2. The molecule has 0 aromatic rings. The second-order valence-corrected chi connectivity index (χ2v) is 2.31. The fourth-order valence-corrected chi connectivity index (χ4v) is 0.696. The van der Waals surface area contributed by atoms with Crippen LogP contribution in [0.2, 0.25) is 0 Å². The van der Waals surface area contributed by atoms with Gasteiger partial charge in [0.05, 0.1) is 5.38 Å². The van der Waals surface area contributed by atoms with E-state index in [1.165, 1.54) is 0 Å². The van der Waals surface area contributed by atoms with E-state index in [1.807, 2.05) is 0 Å². The summed E-state index contributed by atoms with van der Waals surface area (Å²) in [5.41, 5.74) is 0. The van der Waals surface area contributed by atoms with Gasteiger partial charge in [-0.2, -0.15) is 0 Å². The van der Waals surface area contributed by atoms with Crippen LogP contribution in [0.15, 0.2) is 0 Å². The first-order valence-electron chi connectivity index (χ1n) is 2.45. The number of hydrogen-bond donors (Lipinski definition) is 2. The molecule has 46 valence electrons. The van der Waals surface area contributed by atoms with E-state index in [2.05, 4.69) is 10.6 Å². The summed E-state index contributed by atoms with van der Waals surface area (Å²) in [7, 11) is 0. The monoisotopic (exact) mass is 134 g/mol. The van der Waals surface area contributed by atoms with E-state index in [9.17, 15) is 4.79 Å². The molecule has 3 nitrogen and oxygen atoms in total. The number of carbonyl (C=O) groups excluding carboxylic acids is 1. The lowest BCUT2D eigenvalue weighted by Crippen LogP contribution is -2.48. The van der Waals surface area contributed by atoms with Crippen LogP contribution in [0.5, 0.6) is 0 Å². The molecule has 0 radical (unpaired) electrons. The third-order valence-electron chi connectivity index (χ3n) is 0.968. The third-order valence-corrected chi connectivity index (χ3v) is 1.28. The Bertz CT molecular complexity index is 96.2. The van der Waals surface area contributed by atoms with E-state index in [1.54, 1.807) is 0 Å². The zero-order valence-corrected chi connectivity index (χ0v) is 5.03. The van der Waals surface area contributed by atoms with Crippen LogP contribution in [-0.2, 0) is 0 Å². The summed E-state index contributed by atoms with van der Waals surface area (Å²) < 4.78 is 0. The number of carbonyl (C=O) groups is 1. The van der Waals surface area contributed by atoms with Crippen molar-refractivity contribution in [3.8, 4) is 0 Å². The maximum absolute atomic E-state index is 10.3. The molecule has 0 saturated carbocycles. The largest absolute Gasteiger partial charge is 0.337 e. The first kappa shape index (κ1) is 5.69. The Morgan fingerprint density at radius 2 is 2.00 bits per heavy atom. The van der Waals surface area contributed by atoms with Gasteiger partial charge in [-0.1, -0.05) is 0 Å². The van der Waals surface area contributed by atoms with E-state index in [0.717, 1.165) is 0 Å². The van der Waals surface area contributed by atoms with Crippen LogP contribution in [0.4, 0.5) is 4.79 Å². The minimum absolute atomic E-state index is 0.0488. The molecule has 0 aromatic carbocycles. The maximum Gasteiger partial charge on any atom is 0.314 e. The lowest BCUT2D eigenvalue weighted by molar-refractivity contribution is 0.237. The van der Waals surface area contributed by atoms with Crippen molar-refractivity contribution < 1.29 is 4.79 Å². The standard InChI is InChI=1S/C4H7ClN2O/c5-3-1-6-4(8)7-2-3/h3H,1-2H2,(H2,6,7,8). The lowest BCUT2D eigenvalue weighted by atomic mass is 10.4. The van der Waals surface area contributed by atoms with Crippen LogP contribution in [0, 0.1) is 0 Å².